The summed E-state index contributed by atoms with van der Waals surface area (Å²) in [6.45, 7) is 11.9. The van der Waals surface area contributed by atoms with Crippen LogP contribution in [0.15, 0.2) is 54.6 Å². The number of hydrogen-bond donors (Lipinski definition) is 1. The van der Waals surface area contributed by atoms with E-state index in [2.05, 4.69) is 5.32 Å². The lowest BCUT2D eigenvalue weighted by Crippen LogP contribution is -2.39. The first-order chi connectivity index (χ1) is 17.6. The van der Waals surface area contributed by atoms with E-state index in [0.717, 1.165) is 29.1 Å². The van der Waals surface area contributed by atoms with Gasteiger partial charge in [0.15, 0.2) is 0 Å². The molecule has 2 aromatic carbocycles. The molecule has 9 heteroatoms. The van der Waals surface area contributed by atoms with E-state index < -0.39 is 23.6 Å². The molecule has 0 atom stereocenters. The summed E-state index contributed by atoms with van der Waals surface area (Å²) < 4.78 is 41.3. The Morgan fingerprint density at radius 1 is 1.03 bits per heavy atom. The first-order valence-corrected chi connectivity index (χ1v) is 12.6. The predicted molar refractivity (Wildman–Crippen MR) is 142 cm³/mol. The average molecular weight is 529 g/mol. The number of aromatic nitrogens is 2. The minimum absolute atomic E-state index is 0.115. The fraction of sp³-hybridized carbons (Fsp3) is 0.414. The zero-order valence-electron chi connectivity index (χ0n) is 22.7. The topological polar surface area (TPSA) is 67.2 Å². The van der Waals surface area contributed by atoms with E-state index in [9.17, 15) is 22.8 Å². The van der Waals surface area contributed by atoms with Crippen molar-refractivity contribution in [3.63, 3.8) is 0 Å². The molecule has 0 unspecified atom stereocenters. The second kappa shape index (κ2) is 11.4. The minimum Gasteiger partial charge on any atom is -0.329 e. The molecular weight excluding hydrogens is 493 g/mol. The number of hydrogen-bond acceptors (Lipinski definition) is 3. The smallest absolute Gasteiger partial charge is 0.329 e. The van der Waals surface area contributed by atoms with Crippen molar-refractivity contribution in [2.45, 2.75) is 59.6 Å². The molecule has 3 aromatic rings. The Bertz CT molecular complexity index is 1290. The SMILES string of the molecule is Cc1cccc(-n2nc(C(C)(C)C)cc2NC(=O)CN(CCC(C)C)C(=O)c2cccc(C(F)(F)F)c2)c1. The number of anilines is 1. The van der Waals surface area contributed by atoms with Crippen molar-refractivity contribution in [3.05, 3.63) is 77.0 Å². The summed E-state index contributed by atoms with van der Waals surface area (Å²) in [4.78, 5) is 27.8. The predicted octanol–water partition coefficient (Wildman–Crippen LogP) is 6.62. The number of aryl methyl sites for hydroxylation is 1. The maximum absolute atomic E-state index is 13.2. The lowest BCUT2D eigenvalue weighted by atomic mass is 9.92. The van der Waals surface area contributed by atoms with Gasteiger partial charge in [-0.05, 0) is 55.2 Å². The molecule has 0 saturated heterocycles. The van der Waals surface area contributed by atoms with Crippen LogP contribution >= 0.6 is 0 Å². The monoisotopic (exact) mass is 528 g/mol. The van der Waals surface area contributed by atoms with Crippen LogP contribution in [0, 0.1) is 12.8 Å². The number of rotatable bonds is 8. The van der Waals surface area contributed by atoms with Crippen LogP contribution in [-0.4, -0.2) is 39.6 Å². The highest BCUT2D eigenvalue weighted by Crippen LogP contribution is 2.30. The van der Waals surface area contributed by atoms with Gasteiger partial charge in [0, 0.05) is 23.6 Å². The molecule has 0 aliphatic rings. The van der Waals surface area contributed by atoms with Crippen LogP contribution in [0.5, 0.6) is 0 Å². The first kappa shape index (κ1) is 28.9. The highest BCUT2D eigenvalue weighted by atomic mass is 19.4. The van der Waals surface area contributed by atoms with Crippen molar-refractivity contribution in [3.8, 4) is 5.69 Å². The van der Waals surface area contributed by atoms with E-state index in [1.165, 1.54) is 17.0 Å². The van der Waals surface area contributed by atoms with Gasteiger partial charge in [-0.2, -0.15) is 18.3 Å². The summed E-state index contributed by atoms with van der Waals surface area (Å²) in [5, 5.41) is 7.58. The molecule has 6 nitrogen and oxygen atoms in total. The molecule has 0 aliphatic heterocycles. The number of nitrogens with zero attached hydrogens (tertiary/aromatic N) is 3. The van der Waals surface area contributed by atoms with E-state index in [0.29, 0.717) is 12.2 Å². The van der Waals surface area contributed by atoms with Crippen molar-refractivity contribution >= 4 is 17.6 Å². The van der Waals surface area contributed by atoms with Gasteiger partial charge in [0.1, 0.15) is 12.4 Å². The maximum atomic E-state index is 13.2. The Labute approximate surface area is 221 Å². The van der Waals surface area contributed by atoms with E-state index >= 15 is 0 Å². The fourth-order valence-corrected chi connectivity index (χ4v) is 3.83. The Morgan fingerprint density at radius 2 is 1.71 bits per heavy atom. The molecule has 38 heavy (non-hydrogen) atoms. The van der Waals surface area contributed by atoms with Crippen molar-refractivity contribution in [1.82, 2.24) is 14.7 Å². The van der Waals surface area contributed by atoms with E-state index in [4.69, 9.17) is 5.10 Å². The Morgan fingerprint density at radius 3 is 2.32 bits per heavy atom. The molecular formula is C29H35F3N4O2. The maximum Gasteiger partial charge on any atom is 0.416 e. The second-order valence-corrected chi connectivity index (χ2v) is 11.0. The highest BCUT2D eigenvalue weighted by molar-refractivity contribution is 5.99. The van der Waals surface area contributed by atoms with Gasteiger partial charge >= 0.3 is 6.18 Å². The van der Waals surface area contributed by atoms with Gasteiger partial charge in [0.05, 0.1) is 16.9 Å². The van der Waals surface area contributed by atoms with E-state index in [1.807, 2.05) is 65.8 Å². The largest absolute Gasteiger partial charge is 0.416 e. The van der Waals surface area contributed by atoms with Crippen molar-refractivity contribution in [2.75, 3.05) is 18.4 Å². The van der Waals surface area contributed by atoms with Crippen LogP contribution in [0.2, 0.25) is 0 Å². The molecule has 0 fully saturated rings. The molecule has 1 N–H and O–H groups in total. The molecule has 0 saturated carbocycles. The third-order valence-electron chi connectivity index (χ3n) is 6.03. The molecule has 1 aromatic heterocycles. The molecule has 0 radical (unpaired) electrons. The Kier molecular flexibility index (Phi) is 8.69. The average Bonchev–Trinajstić information content (AvgIpc) is 3.25. The number of alkyl halides is 3. The number of carbonyl (C=O) groups excluding carboxylic acids is 2. The van der Waals surface area contributed by atoms with Gasteiger partial charge in [0.25, 0.3) is 5.91 Å². The first-order valence-electron chi connectivity index (χ1n) is 12.6. The van der Waals surface area contributed by atoms with Crippen LogP contribution in [0.3, 0.4) is 0 Å². The zero-order valence-corrected chi connectivity index (χ0v) is 22.7. The third-order valence-corrected chi connectivity index (χ3v) is 6.03. The van der Waals surface area contributed by atoms with Gasteiger partial charge in [-0.3, -0.25) is 9.59 Å². The number of halogens is 3. The van der Waals surface area contributed by atoms with Gasteiger partial charge < -0.3 is 10.2 Å². The van der Waals surface area contributed by atoms with Gasteiger partial charge in [-0.1, -0.05) is 52.8 Å². The van der Waals surface area contributed by atoms with E-state index in [-0.39, 0.29) is 30.0 Å². The van der Waals surface area contributed by atoms with Gasteiger partial charge in [-0.15, -0.1) is 0 Å². The minimum atomic E-state index is -4.57. The quantitative estimate of drug-likeness (QED) is 0.357. The summed E-state index contributed by atoms with van der Waals surface area (Å²) >= 11 is 0. The molecule has 3 rings (SSSR count). The molecule has 0 spiro atoms. The third kappa shape index (κ3) is 7.46. The number of carbonyl (C=O) groups is 2. The zero-order chi connectivity index (χ0) is 28.3. The van der Waals surface area contributed by atoms with Crippen LogP contribution in [0.1, 0.15) is 68.2 Å². The number of amides is 2. The molecule has 1 heterocycles. The van der Waals surface area contributed by atoms with Crippen molar-refractivity contribution in [2.24, 2.45) is 5.92 Å². The van der Waals surface area contributed by atoms with Crippen LogP contribution in [-0.2, 0) is 16.4 Å². The highest BCUT2D eigenvalue weighted by Gasteiger charge is 2.31. The lowest BCUT2D eigenvalue weighted by Gasteiger charge is -2.23. The van der Waals surface area contributed by atoms with Crippen molar-refractivity contribution in [1.29, 1.82) is 0 Å². The molecule has 2 amide bonds. The van der Waals surface area contributed by atoms with Crippen LogP contribution < -0.4 is 5.32 Å². The van der Waals surface area contributed by atoms with E-state index in [1.54, 1.807) is 10.7 Å². The molecule has 0 bridgehead atoms. The number of nitrogens with one attached hydrogen (secondary N) is 1. The standard InChI is InChI=1S/C29H35F3N4O2/c1-19(2)13-14-35(27(38)21-10-8-11-22(16-21)29(30,31)32)18-26(37)33-25-17-24(28(4,5)6)34-36(25)23-12-7-9-20(3)15-23/h7-12,15-17,19H,13-14,18H2,1-6H3,(H,33,37). The van der Waals surface area contributed by atoms with Crippen LogP contribution in [0.4, 0.5) is 19.0 Å². The summed E-state index contributed by atoms with van der Waals surface area (Å²) in [5.41, 5.74) is 1.26. The van der Waals surface area contributed by atoms with Crippen LogP contribution in [0.25, 0.3) is 5.69 Å². The lowest BCUT2D eigenvalue weighted by molar-refractivity contribution is -0.137. The second-order valence-electron chi connectivity index (χ2n) is 11.0. The Hall–Kier alpha value is -3.62. The summed E-state index contributed by atoms with van der Waals surface area (Å²) in [6.07, 6.45) is -3.98. The summed E-state index contributed by atoms with van der Waals surface area (Å²) in [6, 6.07) is 13.8. The summed E-state index contributed by atoms with van der Waals surface area (Å²) in [5.74, 6) is -0.425. The number of benzene rings is 2. The molecule has 204 valence electrons. The summed E-state index contributed by atoms with van der Waals surface area (Å²) in [7, 11) is 0. The van der Waals surface area contributed by atoms with Gasteiger partial charge in [-0.25, -0.2) is 4.68 Å². The van der Waals surface area contributed by atoms with Crippen molar-refractivity contribution < 1.29 is 22.8 Å². The normalized spacial score (nSPS) is 12.1. The van der Waals surface area contributed by atoms with Gasteiger partial charge in [0.2, 0.25) is 5.91 Å². The molecule has 0 aliphatic carbocycles. The Balaban J connectivity index is 1.89. The fourth-order valence-electron chi connectivity index (χ4n) is 3.83.